The van der Waals surface area contributed by atoms with Crippen molar-refractivity contribution in [1.82, 2.24) is 39.0 Å². The van der Waals surface area contributed by atoms with Gasteiger partial charge in [-0.05, 0) is 0 Å². The highest BCUT2D eigenvalue weighted by Crippen LogP contribution is 2.60. The zero-order valence-corrected chi connectivity index (χ0v) is 25.6. The number of thiol groups is 2. The number of hydrogen-bond acceptors (Lipinski definition) is 16. The highest BCUT2D eigenvalue weighted by Gasteiger charge is 2.52. The number of ether oxygens (including phenoxy) is 2. The van der Waals surface area contributed by atoms with E-state index in [-0.39, 0.29) is 29.4 Å². The van der Waals surface area contributed by atoms with Crippen molar-refractivity contribution in [2.75, 3.05) is 24.7 Å². The molecule has 7 rings (SSSR count). The Kier molecular flexibility index (Phi) is 7.51. The van der Waals surface area contributed by atoms with Crippen LogP contribution in [0.5, 0.6) is 0 Å². The first-order valence-corrected chi connectivity index (χ1v) is 18.2. The number of nitrogens with one attached hydrogen (secondary N) is 1. The summed E-state index contributed by atoms with van der Waals surface area (Å²) < 4.78 is 79.5. The van der Waals surface area contributed by atoms with Crippen LogP contribution in [0.15, 0.2) is 23.8 Å². The fourth-order valence-electron chi connectivity index (χ4n) is 5.23. The van der Waals surface area contributed by atoms with Crippen molar-refractivity contribution in [3.05, 3.63) is 29.3 Å². The van der Waals surface area contributed by atoms with Gasteiger partial charge >= 0.3 is 13.6 Å². The summed E-state index contributed by atoms with van der Waals surface area (Å²) in [5.74, 6) is -0.0784. The lowest BCUT2D eigenvalue weighted by atomic mass is 10.1. The second-order valence-corrected chi connectivity index (χ2v) is 15.7. The molecule has 0 aromatic carbocycles. The van der Waals surface area contributed by atoms with Crippen molar-refractivity contribution in [3.63, 3.8) is 0 Å². The molecule has 0 spiro atoms. The van der Waals surface area contributed by atoms with Crippen LogP contribution in [0, 0.1) is 0 Å². The molecule has 0 radical (unpaired) electrons. The van der Waals surface area contributed by atoms with Crippen molar-refractivity contribution in [2.45, 2.75) is 49.5 Å². The highest BCUT2D eigenvalue weighted by atomic mass is 32.7. The molecule has 4 aromatic rings. The smallest absolute Gasteiger partial charge is 0.382 e. The predicted octanol–water partition coefficient (Wildman–Crippen LogP) is 1.54. The van der Waals surface area contributed by atoms with Crippen LogP contribution in [0.4, 0.5) is 16.2 Å². The molecule has 5 N–H and O–H groups in total. The topological polar surface area (TPSA) is 249 Å². The molecule has 3 fully saturated rings. The number of nitrogens with zero attached hydrogens (tertiary/aromatic N) is 7. The van der Waals surface area contributed by atoms with Gasteiger partial charge in [-0.1, -0.05) is 24.5 Å². The van der Waals surface area contributed by atoms with Gasteiger partial charge in [0, 0.05) is 6.42 Å². The second-order valence-electron chi connectivity index (χ2n) is 9.98. The van der Waals surface area contributed by atoms with Crippen LogP contribution in [0.3, 0.4) is 0 Å². The summed E-state index contributed by atoms with van der Waals surface area (Å²) in [6.45, 7) is -9.62. The summed E-state index contributed by atoms with van der Waals surface area (Å²) >= 11 is 8.14. The minimum Gasteiger partial charge on any atom is -0.382 e. The van der Waals surface area contributed by atoms with E-state index in [2.05, 4.69) is 54.4 Å². The Balaban J connectivity index is 1.19. The first-order chi connectivity index (χ1) is 20.9. The molecule has 4 aromatic heterocycles. The number of aromatic amines is 1. The van der Waals surface area contributed by atoms with Crippen LogP contribution in [0.25, 0.3) is 22.3 Å². The number of nitrogens with two attached hydrogens (primary N) is 2. The Hall–Kier alpha value is -2.65. The van der Waals surface area contributed by atoms with Crippen LogP contribution in [-0.2, 0) is 36.7 Å². The molecule has 0 amide bonds. The highest BCUT2D eigenvalue weighted by molar-refractivity contribution is 8.44. The summed E-state index contributed by atoms with van der Waals surface area (Å²) in [7, 11) is 0. The largest absolute Gasteiger partial charge is 0.386 e. The number of fused-ring (bicyclic) bond motifs is 5. The molecule has 3 aliphatic rings. The maximum atomic E-state index is 15.8. The van der Waals surface area contributed by atoms with E-state index < -0.39 is 75.4 Å². The fourth-order valence-corrected chi connectivity index (χ4v) is 8.20. The number of rotatable bonds is 2. The number of halogens is 1. The summed E-state index contributed by atoms with van der Waals surface area (Å²) in [5, 5.41) is 0. The van der Waals surface area contributed by atoms with Gasteiger partial charge in [0.25, 0.3) is 5.56 Å². The number of imidazole rings is 2. The zero-order chi connectivity index (χ0) is 31.0. The van der Waals surface area contributed by atoms with Crippen LogP contribution in [-0.4, -0.2) is 82.8 Å². The molecule has 0 aliphatic carbocycles. The molecule has 19 nitrogen and oxygen atoms in total. The first kappa shape index (κ1) is 30.0. The van der Waals surface area contributed by atoms with Crippen LogP contribution in [0.2, 0.25) is 0 Å². The van der Waals surface area contributed by atoms with Crippen molar-refractivity contribution < 1.29 is 41.1 Å². The minimum atomic E-state index is -4.35. The summed E-state index contributed by atoms with van der Waals surface area (Å²) in [5.41, 5.74) is 11.4. The molecular formula is C20H23FN10O9P2S2. The van der Waals surface area contributed by atoms with Gasteiger partial charge in [0.2, 0.25) is 5.95 Å². The van der Waals surface area contributed by atoms with Crippen molar-refractivity contribution in [1.29, 1.82) is 0 Å². The van der Waals surface area contributed by atoms with Gasteiger partial charge in [-0.2, -0.15) is 4.98 Å². The van der Waals surface area contributed by atoms with Gasteiger partial charge in [0.1, 0.15) is 42.5 Å². The Labute approximate surface area is 255 Å². The van der Waals surface area contributed by atoms with Crippen molar-refractivity contribution in [2.24, 2.45) is 0 Å². The maximum Gasteiger partial charge on any atom is 0.386 e. The molecule has 24 heteroatoms. The van der Waals surface area contributed by atoms with Crippen molar-refractivity contribution >= 4 is 72.2 Å². The van der Waals surface area contributed by atoms with E-state index in [0.29, 0.717) is 11.2 Å². The van der Waals surface area contributed by atoms with Crippen LogP contribution in [0.1, 0.15) is 18.9 Å². The minimum absolute atomic E-state index is 0.0647. The third kappa shape index (κ3) is 5.42. The van der Waals surface area contributed by atoms with Crippen LogP contribution >= 0.6 is 38.1 Å². The normalized spacial score (nSPS) is 36.6. The van der Waals surface area contributed by atoms with E-state index in [1.54, 1.807) is 4.57 Å². The summed E-state index contributed by atoms with van der Waals surface area (Å²) in [6.07, 6.45) is -5.35. The first-order valence-electron chi connectivity index (χ1n) is 12.8. The molecule has 2 bridgehead atoms. The average Bonchev–Trinajstić information content (AvgIpc) is 3.72. The predicted molar refractivity (Wildman–Crippen MR) is 154 cm³/mol. The number of anilines is 2. The molecule has 7 heterocycles. The van der Waals surface area contributed by atoms with Gasteiger partial charge in [0.05, 0.1) is 25.9 Å². The number of hydrogen-bond donors (Lipinski definition) is 5. The summed E-state index contributed by atoms with van der Waals surface area (Å²) in [4.78, 5) is 35.0. The average molecular weight is 693 g/mol. The number of H-pyrrole nitrogens is 1. The molecule has 9 atom stereocenters. The Morgan fingerprint density at radius 1 is 0.909 bits per heavy atom. The van der Waals surface area contributed by atoms with Gasteiger partial charge in [-0.25, -0.2) is 33.5 Å². The molecule has 44 heavy (non-hydrogen) atoms. The molecule has 3 saturated heterocycles. The standard InChI is InChI=1S/C20H23FN10O9P2S2/c21-11-9-3-36-41(33,43)39-7-1-10(30-5-26-12-15(22)24-4-25-16(12)30)37-8(7)2-35-42(34,44)40-14(11)19(38-9)31-6-27-13-17(31)28-20(23)29-18(13)32/h4-11,14,19H,1-3H2,(H,33,43)(H,34,44)(H2,22,24,25)(H3,23,28,29,32)/t7-,8+,9+,10+,11+,14+,19+,41-,42-/m0/s1. The quantitative estimate of drug-likeness (QED) is 0.148. The second kappa shape index (κ2) is 11.0. The molecular weight excluding hydrogens is 669 g/mol. The lowest BCUT2D eigenvalue weighted by Gasteiger charge is -2.26. The Bertz CT molecular complexity index is 1910. The van der Waals surface area contributed by atoms with Gasteiger partial charge < -0.3 is 20.9 Å². The Morgan fingerprint density at radius 2 is 1.61 bits per heavy atom. The van der Waals surface area contributed by atoms with E-state index in [4.69, 9.17) is 39.0 Å². The van der Waals surface area contributed by atoms with Gasteiger partial charge in [-0.3, -0.25) is 37.0 Å². The molecule has 236 valence electrons. The monoisotopic (exact) mass is 692 g/mol. The number of aromatic nitrogens is 8. The zero-order valence-electron chi connectivity index (χ0n) is 22.0. The molecule has 3 aliphatic heterocycles. The SMILES string of the molecule is Nc1nc2c(ncn2[C@@H]2O[C@@H]3CO[P@](=O)(S)O[C@H]4C[C@H](n5cnc6c(N)ncnc65)O[C@@H]4CO[P@](=O)(S)O[C@@H]2[C@@H]3F)c(=O)[nH]1. The molecule has 0 unspecified atom stereocenters. The van der Waals surface area contributed by atoms with E-state index in [1.807, 2.05) is 0 Å². The third-order valence-electron chi connectivity index (χ3n) is 7.19. The number of alkyl halides is 1. The lowest BCUT2D eigenvalue weighted by molar-refractivity contribution is -0.0560. The van der Waals surface area contributed by atoms with Gasteiger partial charge in [0.15, 0.2) is 35.0 Å². The maximum absolute atomic E-state index is 15.8. The van der Waals surface area contributed by atoms with E-state index in [0.717, 1.165) is 6.33 Å². The lowest BCUT2D eigenvalue weighted by Crippen LogP contribution is -2.32. The number of nitrogen functional groups attached to an aromatic ring is 2. The van der Waals surface area contributed by atoms with Crippen molar-refractivity contribution in [3.8, 4) is 0 Å². The van der Waals surface area contributed by atoms with E-state index in [9.17, 15) is 13.9 Å². The van der Waals surface area contributed by atoms with E-state index >= 15 is 4.39 Å². The Morgan fingerprint density at radius 3 is 2.41 bits per heavy atom. The van der Waals surface area contributed by atoms with E-state index in [1.165, 1.54) is 17.2 Å². The fraction of sp³-hybridized carbons (Fsp3) is 0.500. The summed E-state index contributed by atoms with van der Waals surface area (Å²) in [6, 6.07) is 0. The van der Waals surface area contributed by atoms with Crippen LogP contribution < -0.4 is 17.0 Å². The van der Waals surface area contributed by atoms with Gasteiger partial charge in [-0.15, -0.1) is 0 Å². The molecule has 0 saturated carbocycles. The third-order valence-corrected chi connectivity index (χ3v) is 10.5.